The molecule has 0 aliphatic heterocycles. The molecule has 1 aliphatic rings. The van der Waals surface area contributed by atoms with E-state index in [0.29, 0.717) is 16.9 Å². The van der Waals surface area contributed by atoms with Gasteiger partial charge in [0, 0.05) is 16.6 Å². The van der Waals surface area contributed by atoms with Gasteiger partial charge in [-0.15, -0.1) is 0 Å². The van der Waals surface area contributed by atoms with Crippen LogP contribution in [0.25, 0.3) is 10.1 Å². The molecule has 0 radical (unpaired) electrons. The Hall–Kier alpha value is -3.51. The van der Waals surface area contributed by atoms with Gasteiger partial charge >= 0.3 is 0 Å². The van der Waals surface area contributed by atoms with E-state index in [1.807, 2.05) is 49.4 Å². The van der Waals surface area contributed by atoms with E-state index in [2.05, 4.69) is 27.1 Å². The minimum atomic E-state index is -0.274. The van der Waals surface area contributed by atoms with Crippen LogP contribution >= 0.6 is 11.5 Å². The lowest BCUT2D eigenvalue weighted by molar-refractivity contribution is 0.0931. The van der Waals surface area contributed by atoms with Gasteiger partial charge in [0.1, 0.15) is 5.69 Å². The van der Waals surface area contributed by atoms with Crippen LogP contribution in [-0.4, -0.2) is 16.2 Å². The Morgan fingerprint density at radius 3 is 2.72 bits per heavy atom. The molecule has 1 atom stereocenters. The topological polar surface area (TPSA) is 71.1 Å². The fraction of sp³-hybridized carbons (Fsp3) is 0.192. The van der Waals surface area contributed by atoms with Gasteiger partial charge in [-0.3, -0.25) is 9.59 Å². The van der Waals surface area contributed by atoms with Crippen molar-refractivity contribution in [2.45, 2.75) is 32.2 Å². The fourth-order valence-electron chi connectivity index (χ4n) is 4.27. The van der Waals surface area contributed by atoms with Crippen molar-refractivity contribution in [1.29, 1.82) is 0 Å². The number of hydrogen-bond acceptors (Lipinski definition) is 4. The molecule has 3 aromatic carbocycles. The molecular weight excluding hydrogens is 418 g/mol. The average Bonchev–Trinajstić information content (AvgIpc) is 3.25. The van der Waals surface area contributed by atoms with E-state index in [4.69, 9.17) is 0 Å². The van der Waals surface area contributed by atoms with Crippen molar-refractivity contribution in [2.24, 2.45) is 0 Å². The molecule has 1 aromatic heterocycles. The summed E-state index contributed by atoms with van der Waals surface area (Å²) in [6.07, 6.45) is 3.03. The number of anilines is 1. The van der Waals surface area contributed by atoms with Crippen molar-refractivity contribution < 1.29 is 9.59 Å². The predicted molar refractivity (Wildman–Crippen MR) is 128 cm³/mol. The number of hydrogen-bond donors (Lipinski definition) is 2. The van der Waals surface area contributed by atoms with Crippen LogP contribution in [0.1, 0.15) is 56.4 Å². The highest BCUT2D eigenvalue weighted by Gasteiger charge is 2.22. The summed E-state index contributed by atoms with van der Waals surface area (Å²) in [5.41, 5.74) is 4.93. The SMILES string of the molecule is Cc1ccc(C(=O)N[C@@H]2CCCc3ccccc32)cc1NC(=O)c1nsc2ccccc12. The number of aryl methyl sites for hydroxylation is 2. The van der Waals surface area contributed by atoms with Gasteiger partial charge in [0.2, 0.25) is 0 Å². The standard InChI is InChI=1S/C26H23N3O2S/c1-16-13-14-18(25(30)27-21-11-6-8-17-7-2-3-9-19(17)21)15-22(16)28-26(31)24-20-10-4-5-12-23(20)32-29-24/h2-5,7,9-10,12-15,21H,6,8,11H2,1H3,(H,27,30)(H,28,31)/t21-/m1/s1. The minimum Gasteiger partial charge on any atom is -0.345 e. The number of benzene rings is 3. The van der Waals surface area contributed by atoms with Gasteiger partial charge in [0.05, 0.1) is 10.7 Å². The monoisotopic (exact) mass is 441 g/mol. The van der Waals surface area contributed by atoms with Gasteiger partial charge in [0.25, 0.3) is 11.8 Å². The third-order valence-corrected chi connectivity index (χ3v) is 6.84. The Balaban J connectivity index is 1.36. The number of aromatic nitrogens is 1. The summed E-state index contributed by atoms with van der Waals surface area (Å²) in [7, 11) is 0. The van der Waals surface area contributed by atoms with Crippen molar-refractivity contribution in [2.75, 3.05) is 5.32 Å². The van der Waals surface area contributed by atoms with E-state index in [1.54, 1.807) is 12.1 Å². The Kier molecular flexibility index (Phi) is 5.45. The number of carbonyl (C=O) groups excluding carboxylic acids is 2. The van der Waals surface area contributed by atoms with Gasteiger partial charge in [0.15, 0.2) is 0 Å². The second-order valence-electron chi connectivity index (χ2n) is 8.13. The number of rotatable bonds is 4. The fourth-order valence-corrected chi connectivity index (χ4v) is 5.05. The van der Waals surface area contributed by atoms with Crippen LogP contribution < -0.4 is 10.6 Å². The summed E-state index contributed by atoms with van der Waals surface area (Å²) in [4.78, 5) is 26.0. The van der Waals surface area contributed by atoms with E-state index in [1.165, 1.54) is 22.7 Å². The van der Waals surface area contributed by atoms with E-state index < -0.39 is 0 Å². The van der Waals surface area contributed by atoms with E-state index in [-0.39, 0.29) is 17.9 Å². The number of carbonyl (C=O) groups is 2. The molecule has 2 N–H and O–H groups in total. The molecule has 0 saturated carbocycles. The maximum atomic E-state index is 13.0. The van der Waals surface area contributed by atoms with Crippen LogP contribution in [0.3, 0.4) is 0 Å². The molecular formula is C26H23N3O2S. The smallest absolute Gasteiger partial charge is 0.276 e. The van der Waals surface area contributed by atoms with Crippen LogP contribution in [-0.2, 0) is 6.42 Å². The van der Waals surface area contributed by atoms with Crippen molar-refractivity contribution in [1.82, 2.24) is 9.69 Å². The summed E-state index contributed by atoms with van der Waals surface area (Å²) in [5.74, 6) is -0.411. The molecule has 160 valence electrons. The molecule has 4 aromatic rings. The van der Waals surface area contributed by atoms with Gasteiger partial charge in [-0.2, -0.15) is 4.37 Å². The van der Waals surface area contributed by atoms with Gasteiger partial charge in [-0.1, -0.05) is 48.5 Å². The molecule has 0 fully saturated rings. The van der Waals surface area contributed by atoms with E-state index in [9.17, 15) is 9.59 Å². The Morgan fingerprint density at radius 1 is 1.00 bits per heavy atom. The molecule has 0 unspecified atom stereocenters. The second kappa shape index (κ2) is 8.55. The molecule has 1 heterocycles. The molecule has 1 aliphatic carbocycles. The van der Waals surface area contributed by atoms with E-state index >= 15 is 0 Å². The number of fused-ring (bicyclic) bond motifs is 2. The summed E-state index contributed by atoms with van der Waals surface area (Å²) in [5, 5.41) is 6.96. The number of amides is 2. The Labute approximate surface area is 190 Å². The van der Waals surface area contributed by atoms with Gasteiger partial charge in [-0.05, 0) is 72.6 Å². The molecule has 0 spiro atoms. The van der Waals surface area contributed by atoms with Crippen LogP contribution in [0.4, 0.5) is 5.69 Å². The summed E-state index contributed by atoms with van der Waals surface area (Å²) < 4.78 is 5.30. The molecule has 5 nitrogen and oxygen atoms in total. The first kappa shape index (κ1) is 20.4. The molecule has 0 bridgehead atoms. The molecule has 0 saturated heterocycles. The lowest BCUT2D eigenvalue weighted by atomic mass is 9.87. The van der Waals surface area contributed by atoms with Crippen molar-refractivity contribution in [3.05, 3.63) is 94.7 Å². The maximum Gasteiger partial charge on any atom is 0.276 e. The van der Waals surface area contributed by atoms with Crippen molar-refractivity contribution in [3.63, 3.8) is 0 Å². The van der Waals surface area contributed by atoms with E-state index in [0.717, 1.165) is 34.9 Å². The Morgan fingerprint density at radius 2 is 1.81 bits per heavy atom. The largest absolute Gasteiger partial charge is 0.345 e. The van der Waals surface area contributed by atoms with Crippen LogP contribution in [0.5, 0.6) is 0 Å². The first-order chi connectivity index (χ1) is 15.6. The van der Waals surface area contributed by atoms with Crippen molar-refractivity contribution in [3.8, 4) is 0 Å². The maximum absolute atomic E-state index is 13.0. The van der Waals surface area contributed by atoms with Crippen LogP contribution in [0.15, 0.2) is 66.7 Å². The quantitative estimate of drug-likeness (QED) is 0.429. The highest BCUT2D eigenvalue weighted by Crippen LogP contribution is 2.30. The zero-order chi connectivity index (χ0) is 22.1. The highest BCUT2D eigenvalue weighted by atomic mass is 32.1. The predicted octanol–water partition coefficient (Wildman–Crippen LogP) is 5.66. The summed E-state index contributed by atoms with van der Waals surface area (Å²) in [6.45, 7) is 1.91. The zero-order valence-corrected chi connectivity index (χ0v) is 18.5. The Bertz CT molecular complexity index is 1330. The molecule has 32 heavy (non-hydrogen) atoms. The first-order valence-electron chi connectivity index (χ1n) is 10.8. The number of nitrogens with one attached hydrogen (secondary N) is 2. The highest BCUT2D eigenvalue weighted by molar-refractivity contribution is 7.13. The van der Waals surface area contributed by atoms with Gasteiger partial charge < -0.3 is 10.6 Å². The second-order valence-corrected chi connectivity index (χ2v) is 8.93. The summed E-state index contributed by atoms with van der Waals surface area (Å²) >= 11 is 1.30. The lowest BCUT2D eigenvalue weighted by Crippen LogP contribution is -2.31. The average molecular weight is 442 g/mol. The minimum absolute atomic E-state index is 0.00756. The molecule has 6 heteroatoms. The molecule has 2 amide bonds. The van der Waals surface area contributed by atoms with Crippen LogP contribution in [0.2, 0.25) is 0 Å². The number of nitrogens with zero attached hydrogens (tertiary/aromatic N) is 1. The zero-order valence-electron chi connectivity index (χ0n) is 17.7. The van der Waals surface area contributed by atoms with Gasteiger partial charge in [-0.25, -0.2) is 0 Å². The lowest BCUT2D eigenvalue weighted by Gasteiger charge is -2.26. The molecule has 5 rings (SSSR count). The summed E-state index contributed by atoms with van der Waals surface area (Å²) in [6, 6.07) is 21.4. The van der Waals surface area contributed by atoms with Crippen LogP contribution in [0, 0.1) is 6.92 Å². The van der Waals surface area contributed by atoms with Crippen molar-refractivity contribution >= 4 is 39.1 Å². The normalized spacial score (nSPS) is 15.2. The third kappa shape index (κ3) is 3.89. The third-order valence-electron chi connectivity index (χ3n) is 6.02. The first-order valence-corrected chi connectivity index (χ1v) is 11.5.